The summed E-state index contributed by atoms with van der Waals surface area (Å²) in [6.45, 7) is 1.75. The molecule has 3 rings (SSSR count). The second-order valence-electron chi connectivity index (χ2n) is 5.70. The van der Waals surface area contributed by atoms with Gasteiger partial charge in [0.25, 0.3) is 0 Å². The molecule has 1 aromatic carbocycles. The molecule has 0 bridgehead atoms. The average Bonchev–Trinajstić information content (AvgIpc) is 3.18. The van der Waals surface area contributed by atoms with Crippen molar-refractivity contribution in [2.45, 2.75) is 25.2 Å². The first kappa shape index (κ1) is 12.7. The quantitative estimate of drug-likeness (QED) is 0.789. The van der Waals surface area contributed by atoms with Crippen molar-refractivity contribution in [2.24, 2.45) is 11.8 Å². The zero-order valence-electron chi connectivity index (χ0n) is 11.5. The summed E-state index contributed by atoms with van der Waals surface area (Å²) in [5, 5.41) is 6.19. The third-order valence-corrected chi connectivity index (χ3v) is 4.54. The van der Waals surface area contributed by atoms with Crippen molar-refractivity contribution in [1.29, 1.82) is 0 Å². The van der Waals surface area contributed by atoms with Crippen LogP contribution in [0.3, 0.4) is 0 Å². The van der Waals surface area contributed by atoms with Gasteiger partial charge in [-0.05, 0) is 55.8 Å². The molecule has 2 aliphatic rings. The van der Waals surface area contributed by atoms with E-state index in [2.05, 4.69) is 34.9 Å². The molecule has 2 aliphatic carbocycles. The highest BCUT2D eigenvalue weighted by Gasteiger charge is 2.56. The molecule has 0 aliphatic heterocycles. The van der Waals surface area contributed by atoms with Gasteiger partial charge in [-0.25, -0.2) is 0 Å². The number of hydrogen-bond donors (Lipinski definition) is 2. The number of fused-ring (bicyclic) bond motifs is 3. The van der Waals surface area contributed by atoms with Gasteiger partial charge >= 0.3 is 0 Å². The topological polar surface area (TPSA) is 41.1 Å². The Hall–Kier alpha value is -1.35. The van der Waals surface area contributed by atoms with E-state index in [9.17, 15) is 4.79 Å². The van der Waals surface area contributed by atoms with E-state index in [1.165, 1.54) is 17.5 Å². The van der Waals surface area contributed by atoms with Crippen molar-refractivity contribution in [1.82, 2.24) is 10.6 Å². The molecular formula is C16H22N2O. The van der Waals surface area contributed by atoms with Crippen LogP contribution >= 0.6 is 0 Å². The molecule has 0 radical (unpaired) electrons. The Morgan fingerprint density at radius 3 is 3.00 bits per heavy atom. The predicted molar refractivity (Wildman–Crippen MR) is 76.0 cm³/mol. The van der Waals surface area contributed by atoms with Crippen LogP contribution in [0.2, 0.25) is 0 Å². The summed E-state index contributed by atoms with van der Waals surface area (Å²) in [6.07, 6.45) is 3.32. The molecule has 3 atom stereocenters. The van der Waals surface area contributed by atoms with E-state index in [4.69, 9.17) is 0 Å². The van der Waals surface area contributed by atoms with Gasteiger partial charge in [-0.2, -0.15) is 0 Å². The molecule has 1 saturated carbocycles. The lowest BCUT2D eigenvalue weighted by atomic mass is 9.92. The van der Waals surface area contributed by atoms with E-state index in [1.807, 2.05) is 7.05 Å². The summed E-state index contributed by atoms with van der Waals surface area (Å²) in [5.41, 5.74) is 2.88. The number of amides is 1. The molecule has 0 heterocycles. The Balaban J connectivity index is 1.59. The van der Waals surface area contributed by atoms with E-state index >= 15 is 0 Å². The largest absolute Gasteiger partial charge is 0.356 e. The van der Waals surface area contributed by atoms with Crippen LogP contribution in [-0.4, -0.2) is 26.0 Å². The van der Waals surface area contributed by atoms with Crippen molar-refractivity contribution >= 4 is 5.91 Å². The summed E-state index contributed by atoms with van der Waals surface area (Å²) < 4.78 is 0. The van der Waals surface area contributed by atoms with Crippen LogP contribution < -0.4 is 10.6 Å². The molecule has 0 spiro atoms. The fraction of sp³-hybridized carbons (Fsp3) is 0.562. The van der Waals surface area contributed by atoms with E-state index in [0.29, 0.717) is 11.8 Å². The molecule has 19 heavy (non-hydrogen) atoms. The fourth-order valence-corrected chi connectivity index (χ4v) is 3.52. The zero-order chi connectivity index (χ0) is 13.2. The average molecular weight is 258 g/mol. The van der Waals surface area contributed by atoms with Gasteiger partial charge in [0.2, 0.25) is 5.91 Å². The van der Waals surface area contributed by atoms with Gasteiger partial charge in [0.1, 0.15) is 0 Å². The number of carbonyl (C=O) groups excluding carboxylic acids is 1. The standard InChI is InChI=1S/C16H22N2O/c1-17-9-4-10-18-16(19)15-13-8-7-11-5-2-3-6-12(11)14(13)15/h2-3,5-6,13-15,17H,4,7-10H2,1H3,(H,18,19). The summed E-state index contributed by atoms with van der Waals surface area (Å²) in [7, 11) is 1.94. The van der Waals surface area contributed by atoms with E-state index in [0.717, 1.165) is 25.9 Å². The third kappa shape index (κ3) is 2.39. The highest BCUT2D eigenvalue weighted by Crippen LogP contribution is 2.59. The Morgan fingerprint density at radius 2 is 2.16 bits per heavy atom. The van der Waals surface area contributed by atoms with Crippen LogP contribution in [0.15, 0.2) is 24.3 Å². The Kier molecular flexibility index (Phi) is 3.56. The third-order valence-electron chi connectivity index (χ3n) is 4.54. The van der Waals surface area contributed by atoms with Gasteiger partial charge < -0.3 is 10.6 Å². The number of nitrogens with one attached hydrogen (secondary N) is 2. The molecule has 0 saturated heterocycles. The second kappa shape index (κ2) is 5.33. The first-order valence-electron chi connectivity index (χ1n) is 7.33. The van der Waals surface area contributed by atoms with Gasteiger partial charge in [-0.1, -0.05) is 24.3 Å². The Morgan fingerprint density at radius 1 is 1.32 bits per heavy atom. The lowest BCUT2D eigenvalue weighted by Crippen LogP contribution is -2.28. The highest BCUT2D eigenvalue weighted by atomic mass is 16.2. The van der Waals surface area contributed by atoms with Gasteiger partial charge in [-0.3, -0.25) is 4.79 Å². The van der Waals surface area contributed by atoms with Gasteiger partial charge in [-0.15, -0.1) is 0 Å². The number of benzene rings is 1. The summed E-state index contributed by atoms with van der Waals surface area (Å²) in [5.74, 6) is 1.59. The normalized spacial score (nSPS) is 27.3. The Labute approximate surface area is 114 Å². The van der Waals surface area contributed by atoms with Gasteiger partial charge in [0.15, 0.2) is 0 Å². The minimum absolute atomic E-state index is 0.234. The molecule has 0 aromatic heterocycles. The molecule has 102 valence electrons. The van der Waals surface area contributed by atoms with Crippen LogP contribution in [0.25, 0.3) is 0 Å². The first-order chi connectivity index (χ1) is 9.33. The van der Waals surface area contributed by atoms with Crippen LogP contribution in [0, 0.1) is 11.8 Å². The van der Waals surface area contributed by atoms with Crippen molar-refractivity contribution < 1.29 is 4.79 Å². The maximum absolute atomic E-state index is 12.2. The molecular weight excluding hydrogens is 236 g/mol. The van der Waals surface area contributed by atoms with Crippen LogP contribution in [0.5, 0.6) is 0 Å². The SMILES string of the molecule is CNCCCNC(=O)C1C2CCc3ccccc3C21. The first-order valence-corrected chi connectivity index (χ1v) is 7.33. The number of hydrogen-bond acceptors (Lipinski definition) is 2. The molecule has 2 N–H and O–H groups in total. The maximum Gasteiger partial charge on any atom is 0.224 e. The molecule has 3 heteroatoms. The number of rotatable bonds is 5. The van der Waals surface area contributed by atoms with Crippen LogP contribution in [0.1, 0.15) is 29.9 Å². The monoisotopic (exact) mass is 258 g/mol. The van der Waals surface area contributed by atoms with E-state index in [1.54, 1.807) is 0 Å². The summed E-state index contributed by atoms with van der Waals surface area (Å²) >= 11 is 0. The van der Waals surface area contributed by atoms with Crippen molar-refractivity contribution in [3.05, 3.63) is 35.4 Å². The fourth-order valence-electron chi connectivity index (χ4n) is 3.52. The zero-order valence-corrected chi connectivity index (χ0v) is 11.5. The molecule has 1 amide bonds. The highest BCUT2D eigenvalue weighted by molar-refractivity contribution is 5.84. The predicted octanol–water partition coefficient (Wildman–Crippen LogP) is 1.69. The second-order valence-corrected chi connectivity index (χ2v) is 5.70. The minimum atomic E-state index is 0.234. The number of carbonyl (C=O) groups is 1. The van der Waals surface area contributed by atoms with Crippen LogP contribution in [0.4, 0.5) is 0 Å². The summed E-state index contributed by atoms with van der Waals surface area (Å²) in [4.78, 5) is 12.2. The maximum atomic E-state index is 12.2. The van der Waals surface area contributed by atoms with E-state index in [-0.39, 0.29) is 11.8 Å². The molecule has 3 unspecified atom stereocenters. The van der Waals surface area contributed by atoms with E-state index < -0.39 is 0 Å². The minimum Gasteiger partial charge on any atom is -0.356 e. The summed E-state index contributed by atoms with van der Waals surface area (Å²) in [6, 6.07) is 8.63. The molecule has 3 nitrogen and oxygen atoms in total. The van der Waals surface area contributed by atoms with Gasteiger partial charge in [0, 0.05) is 12.5 Å². The van der Waals surface area contributed by atoms with Crippen molar-refractivity contribution in [3.63, 3.8) is 0 Å². The van der Waals surface area contributed by atoms with Crippen molar-refractivity contribution in [3.8, 4) is 0 Å². The smallest absolute Gasteiger partial charge is 0.224 e. The lowest BCUT2D eigenvalue weighted by molar-refractivity contribution is -0.122. The Bertz CT molecular complexity index is 472. The molecule has 1 fully saturated rings. The lowest BCUT2D eigenvalue weighted by Gasteiger charge is -2.13. The molecule has 1 aromatic rings. The number of aryl methyl sites for hydroxylation is 1. The van der Waals surface area contributed by atoms with Gasteiger partial charge in [0.05, 0.1) is 0 Å². The van der Waals surface area contributed by atoms with Crippen LogP contribution in [-0.2, 0) is 11.2 Å². The van der Waals surface area contributed by atoms with Crippen molar-refractivity contribution in [2.75, 3.05) is 20.1 Å².